The molecule has 1 aromatic rings. The molecule has 0 bridgehead atoms. The maximum absolute atomic E-state index is 12.1. The summed E-state index contributed by atoms with van der Waals surface area (Å²) in [4.78, 5) is 26.9. The second-order valence-electron chi connectivity index (χ2n) is 4.22. The van der Waals surface area contributed by atoms with Gasteiger partial charge in [0.1, 0.15) is 6.54 Å². The molecule has 90 valence electrons. The van der Waals surface area contributed by atoms with Crippen LogP contribution in [0.25, 0.3) is 0 Å². The normalized spacial score (nSPS) is 15.9. The molecule has 1 aromatic carbocycles. The SMILES string of the molecule is CCCN1CC(=O)N(c2ccccc2C)C1=O. The first kappa shape index (κ1) is 11.6. The maximum Gasteiger partial charge on any atom is 0.331 e. The van der Waals surface area contributed by atoms with Gasteiger partial charge in [-0.25, -0.2) is 9.69 Å². The highest BCUT2D eigenvalue weighted by atomic mass is 16.2. The van der Waals surface area contributed by atoms with Gasteiger partial charge in [-0.15, -0.1) is 0 Å². The van der Waals surface area contributed by atoms with Gasteiger partial charge in [0.25, 0.3) is 5.91 Å². The topological polar surface area (TPSA) is 40.6 Å². The standard InChI is InChI=1S/C13H16N2O2/c1-3-8-14-9-12(16)15(13(14)17)11-7-5-4-6-10(11)2/h4-7H,3,8-9H2,1-2H3. The van der Waals surface area contributed by atoms with Gasteiger partial charge in [0.15, 0.2) is 0 Å². The monoisotopic (exact) mass is 232 g/mol. The second kappa shape index (κ2) is 4.57. The Morgan fingerprint density at radius 1 is 1.24 bits per heavy atom. The fourth-order valence-electron chi connectivity index (χ4n) is 2.05. The summed E-state index contributed by atoms with van der Waals surface area (Å²) in [5, 5.41) is 0. The van der Waals surface area contributed by atoms with Crippen LogP contribution in [0.3, 0.4) is 0 Å². The second-order valence-corrected chi connectivity index (χ2v) is 4.22. The maximum atomic E-state index is 12.1. The molecule has 1 saturated heterocycles. The molecule has 0 N–H and O–H groups in total. The minimum absolute atomic E-state index is 0.141. The summed E-state index contributed by atoms with van der Waals surface area (Å²) < 4.78 is 0. The Balaban J connectivity index is 2.31. The molecule has 0 radical (unpaired) electrons. The molecule has 1 aliphatic heterocycles. The molecule has 2 rings (SSSR count). The van der Waals surface area contributed by atoms with Crippen LogP contribution < -0.4 is 4.90 Å². The van der Waals surface area contributed by atoms with Crippen molar-refractivity contribution in [3.8, 4) is 0 Å². The number of hydrogen-bond donors (Lipinski definition) is 0. The molecule has 0 spiro atoms. The summed E-state index contributed by atoms with van der Waals surface area (Å²) >= 11 is 0. The molecule has 3 amide bonds. The summed E-state index contributed by atoms with van der Waals surface area (Å²) in [5.41, 5.74) is 1.63. The number of rotatable bonds is 3. The summed E-state index contributed by atoms with van der Waals surface area (Å²) in [7, 11) is 0. The largest absolute Gasteiger partial charge is 0.331 e. The molecular weight excluding hydrogens is 216 g/mol. The first-order valence-electron chi connectivity index (χ1n) is 5.82. The number of nitrogens with zero attached hydrogens (tertiary/aromatic N) is 2. The van der Waals surface area contributed by atoms with Crippen LogP contribution in [0.15, 0.2) is 24.3 Å². The van der Waals surface area contributed by atoms with Crippen molar-refractivity contribution in [2.24, 2.45) is 0 Å². The number of imide groups is 1. The predicted octanol–water partition coefficient (Wildman–Crippen LogP) is 2.17. The van der Waals surface area contributed by atoms with Crippen molar-refractivity contribution in [3.63, 3.8) is 0 Å². The van der Waals surface area contributed by atoms with E-state index < -0.39 is 0 Å². The van der Waals surface area contributed by atoms with E-state index in [-0.39, 0.29) is 18.5 Å². The third kappa shape index (κ3) is 2.02. The smallest absolute Gasteiger partial charge is 0.315 e. The number of hydrogen-bond acceptors (Lipinski definition) is 2. The molecule has 1 aliphatic rings. The molecular formula is C13H16N2O2. The van der Waals surface area contributed by atoms with Crippen molar-refractivity contribution >= 4 is 17.6 Å². The van der Waals surface area contributed by atoms with Gasteiger partial charge < -0.3 is 4.90 Å². The highest BCUT2D eigenvalue weighted by molar-refractivity contribution is 6.20. The molecule has 1 fully saturated rings. The van der Waals surface area contributed by atoms with E-state index in [0.29, 0.717) is 12.2 Å². The molecule has 0 atom stereocenters. The lowest BCUT2D eigenvalue weighted by Gasteiger charge is -2.17. The first-order valence-corrected chi connectivity index (χ1v) is 5.82. The van der Waals surface area contributed by atoms with Gasteiger partial charge in [0.2, 0.25) is 0 Å². The highest BCUT2D eigenvalue weighted by Gasteiger charge is 2.36. The predicted molar refractivity (Wildman–Crippen MR) is 65.9 cm³/mol. The number of amides is 3. The molecule has 0 saturated carbocycles. The zero-order chi connectivity index (χ0) is 12.4. The van der Waals surface area contributed by atoms with Crippen molar-refractivity contribution in [2.75, 3.05) is 18.0 Å². The van der Waals surface area contributed by atoms with E-state index in [4.69, 9.17) is 0 Å². The van der Waals surface area contributed by atoms with Crippen LogP contribution in [0.2, 0.25) is 0 Å². The minimum atomic E-state index is -0.203. The summed E-state index contributed by atoms with van der Waals surface area (Å²) in [6.45, 7) is 4.72. The number of carbonyl (C=O) groups is 2. The van der Waals surface area contributed by atoms with Gasteiger partial charge in [-0.2, -0.15) is 0 Å². The van der Waals surface area contributed by atoms with Crippen molar-refractivity contribution in [1.29, 1.82) is 0 Å². The molecule has 17 heavy (non-hydrogen) atoms. The molecule has 1 heterocycles. The number of urea groups is 1. The van der Waals surface area contributed by atoms with Crippen LogP contribution in [0.5, 0.6) is 0 Å². The number of benzene rings is 1. The van der Waals surface area contributed by atoms with Crippen molar-refractivity contribution in [1.82, 2.24) is 4.90 Å². The molecule has 4 nitrogen and oxygen atoms in total. The quantitative estimate of drug-likeness (QED) is 0.749. The van der Waals surface area contributed by atoms with Crippen LogP contribution in [0.4, 0.5) is 10.5 Å². The number of aryl methyl sites for hydroxylation is 1. The fraction of sp³-hybridized carbons (Fsp3) is 0.385. The van der Waals surface area contributed by atoms with Crippen molar-refractivity contribution < 1.29 is 9.59 Å². The number of para-hydroxylation sites is 1. The molecule has 0 aromatic heterocycles. The zero-order valence-electron chi connectivity index (χ0n) is 10.1. The van der Waals surface area contributed by atoms with Gasteiger partial charge in [0.05, 0.1) is 5.69 Å². The molecule has 0 unspecified atom stereocenters. The van der Waals surface area contributed by atoms with Gasteiger partial charge in [0, 0.05) is 6.54 Å². The Bertz CT molecular complexity index is 456. The van der Waals surface area contributed by atoms with Gasteiger partial charge in [-0.3, -0.25) is 4.79 Å². The third-order valence-electron chi connectivity index (χ3n) is 2.89. The van der Waals surface area contributed by atoms with E-state index in [9.17, 15) is 9.59 Å². The summed E-state index contributed by atoms with van der Waals surface area (Å²) in [5.74, 6) is -0.141. The summed E-state index contributed by atoms with van der Waals surface area (Å²) in [6.07, 6.45) is 0.862. The Hall–Kier alpha value is -1.84. The lowest BCUT2D eigenvalue weighted by Crippen LogP contribution is -2.33. The number of anilines is 1. The first-order chi connectivity index (χ1) is 8.15. The highest BCUT2D eigenvalue weighted by Crippen LogP contribution is 2.24. The molecule has 4 heteroatoms. The van der Waals surface area contributed by atoms with E-state index in [1.165, 1.54) is 4.90 Å². The van der Waals surface area contributed by atoms with Crippen LogP contribution in [0.1, 0.15) is 18.9 Å². The van der Waals surface area contributed by atoms with Crippen LogP contribution >= 0.6 is 0 Å². The van der Waals surface area contributed by atoms with Gasteiger partial charge >= 0.3 is 6.03 Å². The van der Waals surface area contributed by atoms with E-state index >= 15 is 0 Å². The zero-order valence-corrected chi connectivity index (χ0v) is 10.1. The Labute approximate surface area is 101 Å². The third-order valence-corrected chi connectivity index (χ3v) is 2.89. The molecule has 0 aliphatic carbocycles. The Kier molecular flexibility index (Phi) is 3.13. The lowest BCUT2D eigenvalue weighted by molar-refractivity contribution is -0.116. The van der Waals surface area contributed by atoms with E-state index in [0.717, 1.165) is 12.0 Å². The van der Waals surface area contributed by atoms with Crippen LogP contribution in [-0.4, -0.2) is 29.9 Å². The average molecular weight is 232 g/mol. The van der Waals surface area contributed by atoms with E-state index in [2.05, 4.69) is 0 Å². The van der Waals surface area contributed by atoms with Crippen molar-refractivity contribution in [2.45, 2.75) is 20.3 Å². The average Bonchev–Trinajstić information content (AvgIpc) is 2.57. The van der Waals surface area contributed by atoms with Gasteiger partial charge in [-0.05, 0) is 25.0 Å². The van der Waals surface area contributed by atoms with Crippen molar-refractivity contribution in [3.05, 3.63) is 29.8 Å². The van der Waals surface area contributed by atoms with Crippen LogP contribution in [0, 0.1) is 6.92 Å². The minimum Gasteiger partial charge on any atom is -0.315 e. The Morgan fingerprint density at radius 3 is 2.59 bits per heavy atom. The number of carbonyl (C=O) groups excluding carboxylic acids is 2. The fourth-order valence-corrected chi connectivity index (χ4v) is 2.05. The summed E-state index contributed by atoms with van der Waals surface area (Å²) in [6, 6.07) is 7.24. The van der Waals surface area contributed by atoms with E-state index in [1.807, 2.05) is 32.0 Å². The lowest BCUT2D eigenvalue weighted by atomic mass is 10.2. The van der Waals surface area contributed by atoms with E-state index in [1.54, 1.807) is 11.0 Å². The van der Waals surface area contributed by atoms with Crippen LogP contribution in [-0.2, 0) is 4.79 Å². The Morgan fingerprint density at radius 2 is 1.94 bits per heavy atom. The van der Waals surface area contributed by atoms with Gasteiger partial charge in [-0.1, -0.05) is 25.1 Å².